The van der Waals surface area contributed by atoms with Crippen LogP contribution in [0.2, 0.25) is 0 Å². The third-order valence-corrected chi connectivity index (χ3v) is 3.95. The van der Waals surface area contributed by atoms with Crippen LogP contribution in [-0.2, 0) is 15.9 Å². The van der Waals surface area contributed by atoms with Gasteiger partial charge in [0.15, 0.2) is 11.1 Å². The highest BCUT2D eigenvalue weighted by Crippen LogP contribution is 2.15. The lowest BCUT2D eigenvalue weighted by Gasteiger charge is -2.28. The molecule has 6 heteroatoms. The zero-order chi connectivity index (χ0) is 13.0. The molecule has 1 aliphatic rings. The Morgan fingerprint density at radius 2 is 1.89 bits per heavy atom. The van der Waals surface area contributed by atoms with Crippen molar-refractivity contribution in [3.8, 4) is 0 Å². The normalized spacial score (nSPS) is 19.4. The summed E-state index contributed by atoms with van der Waals surface area (Å²) in [5.41, 5.74) is 0.505. The number of piperidine rings is 1. The van der Waals surface area contributed by atoms with Crippen molar-refractivity contribution in [1.29, 1.82) is 0 Å². The molecule has 0 spiro atoms. The van der Waals surface area contributed by atoms with Crippen molar-refractivity contribution < 1.29 is 18.4 Å². The molecule has 0 saturated carbocycles. The number of hydroxylamine groups is 2. The monoisotopic (exact) mass is 269 g/mol. The van der Waals surface area contributed by atoms with Crippen LogP contribution in [0, 0.1) is 0 Å². The molecule has 0 amide bonds. The minimum absolute atomic E-state index is 0.211. The number of hydrogen-bond acceptors (Lipinski definition) is 4. The van der Waals surface area contributed by atoms with E-state index in [0.717, 1.165) is 0 Å². The van der Waals surface area contributed by atoms with Gasteiger partial charge < -0.3 is 9.39 Å². The third-order valence-electron chi connectivity index (χ3n) is 2.91. The molecule has 98 valence electrons. The first-order valence-electron chi connectivity index (χ1n) is 5.79. The number of nitrogens with zero attached hydrogens (tertiary/aromatic N) is 1. The molecule has 18 heavy (non-hydrogen) atoms. The van der Waals surface area contributed by atoms with Gasteiger partial charge in [-0.2, -0.15) is 0 Å². The van der Waals surface area contributed by atoms with E-state index in [0.29, 0.717) is 31.5 Å². The fraction of sp³-hybridized carbons (Fsp3) is 0.417. The predicted molar refractivity (Wildman–Crippen MR) is 67.2 cm³/mol. The van der Waals surface area contributed by atoms with Gasteiger partial charge >= 0.3 is 5.97 Å². The summed E-state index contributed by atoms with van der Waals surface area (Å²) < 4.78 is 19.9. The summed E-state index contributed by atoms with van der Waals surface area (Å²) in [6.07, 6.45) is 1.12. The van der Waals surface area contributed by atoms with Crippen molar-refractivity contribution in [2.75, 3.05) is 13.1 Å². The first-order valence-corrected chi connectivity index (χ1v) is 6.96. The standard InChI is InChI=1S/C12H15NO4S/c14-12(10-4-2-1-3-5-10)17-13-8-6-11(7-9-13)18(15)16/h1-5,11H,6-9H2,(H,15,16). The maximum atomic E-state index is 11.8. The van der Waals surface area contributed by atoms with Crippen molar-refractivity contribution in [2.45, 2.75) is 18.1 Å². The maximum absolute atomic E-state index is 11.8. The van der Waals surface area contributed by atoms with Gasteiger partial charge in [0.25, 0.3) is 0 Å². The van der Waals surface area contributed by atoms with E-state index in [2.05, 4.69) is 0 Å². The average molecular weight is 269 g/mol. The van der Waals surface area contributed by atoms with Crippen molar-refractivity contribution in [1.82, 2.24) is 5.06 Å². The summed E-state index contributed by atoms with van der Waals surface area (Å²) >= 11 is -1.78. The lowest BCUT2D eigenvalue weighted by Crippen LogP contribution is -2.38. The van der Waals surface area contributed by atoms with Gasteiger partial charge in [-0.3, -0.25) is 0 Å². The van der Waals surface area contributed by atoms with E-state index in [1.807, 2.05) is 6.07 Å². The summed E-state index contributed by atoms with van der Waals surface area (Å²) in [6, 6.07) is 8.77. The molecule has 1 N–H and O–H groups in total. The Balaban J connectivity index is 1.85. The highest BCUT2D eigenvalue weighted by Gasteiger charge is 2.25. The molecule has 0 radical (unpaired) electrons. The summed E-state index contributed by atoms with van der Waals surface area (Å²) in [5.74, 6) is -0.390. The van der Waals surface area contributed by atoms with Gasteiger partial charge in [0.2, 0.25) is 0 Å². The highest BCUT2D eigenvalue weighted by molar-refractivity contribution is 7.79. The largest absolute Gasteiger partial charge is 0.364 e. The third kappa shape index (κ3) is 3.38. The van der Waals surface area contributed by atoms with Crippen molar-refractivity contribution in [2.24, 2.45) is 0 Å². The Bertz CT molecular complexity index is 429. The lowest BCUT2D eigenvalue weighted by atomic mass is 10.1. The van der Waals surface area contributed by atoms with Gasteiger partial charge in [0.1, 0.15) is 0 Å². The van der Waals surface area contributed by atoms with E-state index in [9.17, 15) is 9.00 Å². The van der Waals surface area contributed by atoms with Crippen LogP contribution in [0.4, 0.5) is 0 Å². The quantitative estimate of drug-likeness (QED) is 0.841. The summed E-state index contributed by atoms with van der Waals surface area (Å²) in [4.78, 5) is 17.0. The molecule has 1 unspecified atom stereocenters. The van der Waals surface area contributed by atoms with Gasteiger partial charge in [0.05, 0.1) is 10.8 Å². The molecular formula is C12H15NO4S. The van der Waals surface area contributed by atoms with Crippen LogP contribution in [0.15, 0.2) is 30.3 Å². The smallest absolute Gasteiger partial charge is 0.357 e. The van der Waals surface area contributed by atoms with Crippen molar-refractivity contribution in [3.63, 3.8) is 0 Å². The van der Waals surface area contributed by atoms with E-state index in [4.69, 9.17) is 9.39 Å². The second-order valence-corrected chi connectivity index (χ2v) is 5.37. The SMILES string of the molecule is O=C(ON1CCC(S(=O)O)CC1)c1ccccc1. The lowest BCUT2D eigenvalue weighted by molar-refractivity contribution is -0.118. The molecular weight excluding hydrogens is 254 g/mol. The maximum Gasteiger partial charge on any atom is 0.357 e. The Kier molecular flexibility index (Phi) is 4.46. The Labute approximate surface area is 108 Å². The fourth-order valence-electron chi connectivity index (χ4n) is 1.87. The van der Waals surface area contributed by atoms with E-state index in [-0.39, 0.29) is 11.2 Å². The summed E-state index contributed by atoms with van der Waals surface area (Å²) in [6.45, 7) is 0.991. The minimum Gasteiger partial charge on any atom is -0.364 e. The van der Waals surface area contributed by atoms with Gasteiger partial charge in [-0.15, -0.1) is 5.06 Å². The summed E-state index contributed by atoms with van der Waals surface area (Å²) in [7, 11) is 0. The Morgan fingerprint density at radius 1 is 1.28 bits per heavy atom. The topological polar surface area (TPSA) is 66.8 Å². The average Bonchev–Trinajstić information content (AvgIpc) is 2.40. The van der Waals surface area contributed by atoms with Crippen molar-refractivity contribution in [3.05, 3.63) is 35.9 Å². The zero-order valence-corrected chi connectivity index (χ0v) is 10.6. The molecule has 1 aliphatic heterocycles. The Morgan fingerprint density at radius 3 is 2.44 bits per heavy atom. The Hall–Kier alpha value is -1.24. The van der Waals surface area contributed by atoms with Crippen LogP contribution in [0.1, 0.15) is 23.2 Å². The zero-order valence-electron chi connectivity index (χ0n) is 9.82. The molecule has 2 rings (SSSR count). The van der Waals surface area contributed by atoms with Crippen LogP contribution in [0.3, 0.4) is 0 Å². The van der Waals surface area contributed by atoms with Crippen LogP contribution in [0.5, 0.6) is 0 Å². The number of carbonyl (C=O) groups excluding carboxylic acids is 1. The number of carbonyl (C=O) groups is 1. The van der Waals surface area contributed by atoms with Crippen molar-refractivity contribution >= 4 is 17.0 Å². The van der Waals surface area contributed by atoms with E-state index in [1.165, 1.54) is 0 Å². The second kappa shape index (κ2) is 6.08. The molecule has 0 aliphatic carbocycles. The predicted octanol–water partition coefficient (Wildman–Crippen LogP) is 1.44. The number of rotatable bonds is 3. The molecule has 0 bridgehead atoms. The van der Waals surface area contributed by atoms with Gasteiger partial charge in [0, 0.05) is 13.1 Å². The van der Waals surface area contributed by atoms with Crippen LogP contribution in [-0.4, -0.2) is 38.1 Å². The van der Waals surface area contributed by atoms with Crippen LogP contribution < -0.4 is 0 Å². The number of hydrogen-bond donors (Lipinski definition) is 1. The summed E-state index contributed by atoms with van der Waals surface area (Å²) in [5, 5.41) is 1.34. The van der Waals surface area contributed by atoms with Crippen LogP contribution >= 0.6 is 0 Å². The van der Waals surface area contributed by atoms with Gasteiger partial charge in [-0.25, -0.2) is 9.00 Å². The molecule has 1 saturated heterocycles. The fourth-order valence-corrected chi connectivity index (χ4v) is 2.48. The molecule has 1 aromatic rings. The second-order valence-electron chi connectivity index (χ2n) is 4.15. The van der Waals surface area contributed by atoms with Crippen LogP contribution in [0.25, 0.3) is 0 Å². The molecule has 1 fully saturated rings. The van der Waals surface area contributed by atoms with Gasteiger partial charge in [-0.05, 0) is 25.0 Å². The molecule has 5 nitrogen and oxygen atoms in total. The molecule has 1 atom stereocenters. The highest BCUT2D eigenvalue weighted by atomic mass is 32.2. The molecule has 0 aromatic heterocycles. The first kappa shape index (κ1) is 13.2. The molecule has 1 heterocycles. The van der Waals surface area contributed by atoms with E-state index in [1.54, 1.807) is 29.3 Å². The number of benzene rings is 1. The van der Waals surface area contributed by atoms with E-state index < -0.39 is 11.1 Å². The molecule has 1 aromatic carbocycles. The van der Waals surface area contributed by atoms with E-state index >= 15 is 0 Å². The minimum atomic E-state index is -1.78. The van der Waals surface area contributed by atoms with Gasteiger partial charge in [-0.1, -0.05) is 18.2 Å². The first-order chi connectivity index (χ1) is 8.66.